The predicted octanol–water partition coefficient (Wildman–Crippen LogP) is -4.81. The maximum Gasteiger partial charge on any atom is 0.249 e. The Balaban J connectivity index is 2.27. The van der Waals surface area contributed by atoms with Crippen molar-refractivity contribution >= 4 is 5.97 Å². The third-order valence-corrected chi connectivity index (χ3v) is 2.65. The lowest BCUT2D eigenvalue weighted by molar-refractivity contribution is -0.436. The molecule has 2 fully saturated rings. The Morgan fingerprint density at radius 2 is 2.14 bits per heavy atom. The van der Waals surface area contributed by atoms with E-state index in [9.17, 15) is 20.1 Å². The van der Waals surface area contributed by atoms with Crippen LogP contribution in [0.2, 0.25) is 0 Å². The Kier molecular flexibility index (Phi) is 2.02. The fourth-order valence-corrected chi connectivity index (χ4v) is 1.88. The molecule has 2 bridgehead atoms. The third kappa shape index (κ3) is 1.01. The molecule has 2 saturated heterocycles. The number of aliphatic hydroxyl groups excluding tert-OH is 2. The maximum absolute atomic E-state index is 10.6. The van der Waals surface area contributed by atoms with Gasteiger partial charge in [0.1, 0.15) is 31.0 Å². The van der Waals surface area contributed by atoms with Gasteiger partial charge >= 0.3 is 0 Å². The number of hydrogen-bond donors (Lipinski definition) is 3. The van der Waals surface area contributed by atoms with Crippen molar-refractivity contribution < 1.29 is 35.3 Å². The first kappa shape index (κ1) is 9.81. The minimum absolute atomic E-state index is 0.0194. The summed E-state index contributed by atoms with van der Waals surface area (Å²) in [5, 5.41) is 29.5. The Morgan fingerprint density at radius 1 is 1.50 bits per heavy atom. The smallest absolute Gasteiger partial charge is 0.249 e. The standard InChI is InChI=1S/C7H11NO6/c8-1-7-5(10)2(9)3(13-7)4(14-7)6(11)12/h2-5,9-10H,1,8H2,(H,11,12)/t2?,3-,4?,5?,7-/m1/s1. The van der Waals surface area contributed by atoms with E-state index in [0.29, 0.717) is 0 Å². The maximum atomic E-state index is 10.6. The zero-order valence-electron chi connectivity index (χ0n) is 7.25. The molecule has 0 amide bonds. The molecule has 14 heavy (non-hydrogen) atoms. The number of quaternary nitrogens is 1. The summed E-state index contributed by atoms with van der Waals surface area (Å²) in [5.41, 5.74) is 3.48. The molecular formula is C7H11NO6. The average molecular weight is 205 g/mol. The van der Waals surface area contributed by atoms with Gasteiger partial charge in [0.15, 0.2) is 0 Å². The minimum Gasteiger partial charge on any atom is -0.547 e. The number of carboxylic acids is 1. The van der Waals surface area contributed by atoms with Crippen LogP contribution >= 0.6 is 0 Å². The van der Waals surface area contributed by atoms with E-state index in [1.165, 1.54) is 0 Å². The summed E-state index contributed by atoms with van der Waals surface area (Å²) in [6.07, 6.45) is -4.94. The second kappa shape index (κ2) is 2.88. The molecule has 0 radical (unpaired) electrons. The zero-order valence-corrected chi connectivity index (χ0v) is 7.25. The van der Waals surface area contributed by atoms with Gasteiger partial charge in [0.2, 0.25) is 5.79 Å². The first-order valence-corrected chi connectivity index (χ1v) is 4.24. The van der Waals surface area contributed by atoms with E-state index in [0.717, 1.165) is 0 Å². The Labute approximate surface area is 79.0 Å². The summed E-state index contributed by atoms with van der Waals surface area (Å²) in [4.78, 5) is 10.6. The van der Waals surface area contributed by atoms with E-state index < -0.39 is 36.2 Å². The molecule has 5 N–H and O–H groups in total. The summed E-state index contributed by atoms with van der Waals surface area (Å²) in [7, 11) is 0. The molecule has 0 aromatic rings. The molecule has 0 aromatic heterocycles. The van der Waals surface area contributed by atoms with Gasteiger partial charge in [0.05, 0.1) is 5.97 Å². The van der Waals surface area contributed by atoms with Crippen molar-refractivity contribution in [2.45, 2.75) is 30.2 Å². The molecule has 2 aliphatic rings. The molecular weight excluding hydrogens is 194 g/mol. The molecule has 2 heterocycles. The lowest BCUT2D eigenvalue weighted by Crippen LogP contribution is -2.68. The van der Waals surface area contributed by atoms with Crippen molar-refractivity contribution in [1.29, 1.82) is 0 Å². The number of hydrogen-bond acceptors (Lipinski definition) is 6. The van der Waals surface area contributed by atoms with Crippen molar-refractivity contribution in [2.75, 3.05) is 6.54 Å². The summed E-state index contributed by atoms with van der Waals surface area (Å²) >= 11 is 0. The molecule has 0 spiro atoms. The summed E-state index contributed by atoms with van der Waals surface area (Å²) < 4.78 is 10.1. The molecule has 0 aromatic carbocycles. The van der Waals surface area contributed by atoms with E-state index in [-0.39, 0.29) is 6.54 Å². The van der Waals surface area contributed by atoms with E-state index in [2.05, 4.69) is 5.73 Å². The van der Waals surface area contributed by atoms with E-state index in [4.69, 9.17) is 9.47 Å². The van der Waals surface area contributed by atoms with Crippen LogP contribution in [0.1, 0.15) is 0 Å². The lowest BCUT2D eigenvalue weighted by Gasteiger charge is -2.32. The van der Waals surface area contributed by atoms with Crippen molar-refractivity contribution in [3.8, 4) is 0 Å². The van der Waals surface area contributed by atoms with Crippen LogP contribution in [-0.2, 0) is 14.3 Å². The molecule has 2 rings (SSSR count). The van der Waals surface area contributed by atoms with Gasteiger partial charge in [-0.2, -0.15) is 0 Å². The van der Waals surface area contributed by atoms with Gasteiger partial charge < -0.3 is 35.3 Å². The number of carbonyl (C=O) groups excluding carboxylic acids is 1. The number of aliphatic hydroxyl groups is 2. The Hall–Kier alpha value is -0.730. The van der Waals surface area contributed by atoms with E-state index >= 15 is 0 Å². The normalized spacial score (nSPS) is 51.1. The van der Waals surface area contributed by atoms with Gasteiger partial charge in [0.25, 0.3) is 0 Å². The molecule has 7 heteroatoms. The second-order valence-electron chi connectivity index (χ2n) is 3.44. The third-order valence-electron chi connectivity index (χ3n) is 2.65. The van der Waals surface area contributed by atoms with Crippen LogP contribution in [0.15, 0.2) is 0 Å². The van der Waals surface area contributed by atoms with E-state index in [1.54, 1.807) is 0 Å². The van der Waals surface area contributed by atoms with Crippen molar-refractivity contribution in [2.24, 2.45) is 0 Å². The predicted molar refractivity (Wildman–Crippen MR) is 37.3 cm³/mol. The summed E-state index contributed by atoms with van der Waals surface area (Å²) in [6.45, 7) is 0.0194. The van der Waals surface area contributed by atoms with Crippen molar-refractivity contribution in [3.63, 3.8) is 0 Å². The Morgan fingerprint density at radius 3 is 2.57 bits per heavy atom. The number of aliphatic carboxylic acids is 1. The highest BCUT2D eigenvalue weighted by Crippen LogP contribution is 2.41. The molecule has 80 valence electrons. The monoisotopic (exact) mass is 205 g/mol. The number of ether oxygens (including phenoxy) is 2. The highest BCUT2D eigenvalue weighted by atomic mass is 16.8. The summed E-state index contributed by atoms with van der Waals surface area (Å²) in [6, 6.07) is 0. The van der Waals surface area contributed by atoms with Crippen LogP contribution in [0, 0.1) is 0 Å². The molecule has 5 atom stereocenters. The highest BCUT2D eigenvalue weighted by Gasteiger charge is 2.65. The highest BCUT2D eigenvalue weighted by molar-refractivity contribution is 5.71. The quantitative estimate of drug-likeness (QED) is 0.415. The number of carbonyl (C=O) groups is 1. The van der Waals surface area contributed by atoms with Gasteiger partial charge in [-0.15, -0.1) is 0 Å². The number of rotatable bonds is 2. The average Bonchev–Trinajstić information content (AvgIpc) is 2.65. The zero-order chi connectivity index (χ0) is 10.5. The van der Waals surface area contributed by atoms with Gasteiger partial charge in [-0.05, 0) is 0 Å². The first-order valence-electron chi connectivity index (χ1n) is 4.24. The van der Waals surface area contributed by atoms with Gasteiger partial charge in [-0.25, -0.2) is 0 Å². The van der Waals surface area contributed by atoms with Gasteiger partial charge in [0, 0.05) is 0 Å². The molecule has 7 nitrogen and oxygen atoms in total. The summed E-state index contributed by atoms with van der Waals surface area (Å²) in [5.74, 6) is -2.95. The topological polar surface area (TPSA) is 127 Å². The SMILES string of the molecule is [NH3+]C[C@]12OC(C(=O)[O-])[C@H](O1)C(O)C2O. The molecule has 2 aliphatic heterocycles. The van der Waals surface area contributed by atoms with Crippen LogP contribution in [0.5, 0.6) is 0 Å². The van der Waals surface area contributed by atoms with Gasteiger partial charge in [-0.1, -0.05) is 0 Å². The van der Waals surface area contributed by atoms with Crippen molar-refractivity contribution in [3.05, 3.63) is 0 Å². The number of fused-ring (bicyclic) bond motifs is 2. The fourth-order valence-electron chi connectivity index (χ4n) is 1.88. The lowest BCUT2D eigenvalue weighted by atomic mass is 9.98. The minimum atomic E-state index is -1.49. The van der Waals surface area contributed by atoms with Crippen LogP contribution in [0.4, 0.5) is 0 Å². The van der Waals surface area contributed by atoms with Crippen LogP contribution in [0.3, 0.4) is 0 Å². The Bertz CT molecular complexity index is 271. The first-order chi connectivity index (χ1) is 6.52. The van der Waals surface area contributed by atoms with Gasteiger partial charge in [-0.3, -0.25) is 0 Å². The molecule has 0 saturated carbocycles. The molecule has 0 aliphatic carbocycles. The fraction of sp³-hybridized carbons (Fsp3) is 0.857. The van der Waals surface area contributed by atoms with Crippen LogP contribution < -0.4 is 10.8 Å². The molecule has 3 unspecified atom stereocenters. The second-order valence-corrected chi connectivity index (χ2v) is 3.44. The van der Waals surface area contributed by atoms with E-state index in [1.807, 2.05) is 0 Å². The van der Waals surface area contributed by atoms with Crippen molar-refractivity contribution in [1.82, 2.24) is 0 Å². The van der Waals surface area contributed by atoms with Crippen LogP contribution in [0.25, 0.3) is 0 Å². The van der Waals surface area contributed by atoms with Crippen LogP contribution in [-0.4, -0.2) is 52.9 Å². The largest absolute Gasteiger partial charge is 0.547 e. The number of carboxylic acid groups (broad SMARTS) is 1.